The van der Waals surface area contributed by atoms with Crippen LogP contribution in [0.2, 0.25) is 0 Å². The molecule has 1 unspecified atom stereocenters. The second-order valence-corrected chi connectivity index (χ2v) is 3.00. The first-order valence-corrected chi connectivity index (χ1v) is 4.41. The van der Waals surface area contributed by atoms with E-state index in [1.807, 2.05) is 6.92 Å². The molecule has 76 valence electrons. The van der Waals surface area contributed by atoms with Crippen LogP contribution in [0, 0.1) is 5.92 Å². The summed E-state index contributed by atoms with van der Waals surface area (Å²) in [7, 11) is 0. The summed E-state index contributed by atoms with van der Waals surface area (Å²) in [6.07, 6.45) is 2.83. The minimum Gasteiger partial charge on any atom is -0.468 e. The molecule has 0 aromatic heterocycles. The molecule has 0 bridgehead atoms. The highest BCUT2D eigenvalue weighted by Crippen LogP contribution is 2.07. The summed E-state index contributed by atoms with van der Waals surface area (Å²) in [5.41, 5.74) is 0. The molecule has 4 nitrogen and oxygen atoms in total. The van der Waals surface area contributed by atoms with Gasteiger partial charge in [-0.05, 0) is 25.2 Å². The largest absolute Gasteiger partial charge is 0.468 e. The zero-order valence-electron chi connectivity index (χ0n) is 7.90. The first-order chi connectivity index (χ1) is 6.31. The molecule has 4 heteroatoms. The SMILES string of the molecule is CC(CCCCOC=O)COC=O. The number of unbranched alkanes of at least 4 members (excludes halogenated alkanes) is 1. The van der Waals surface area contributed by atoms with Gasteiger partial charge in [0.05, 0.1) is 13.2 Å². The zero-order chi connectivity index (χ0) is 9.94. The molecule has 0 aliphatic heterocycles. The van der Waals surface area contributed by atoms with Gasteiger partial charge in [0, 0.05) is 0 Å². The van der Waals surface area contributed by atoms with E-state index in [0.29, 0.717) is 32.1 Å². The first-order valence-electron chi connectivity index (χ1n) is 4.41. The topological polar surface area (TPSA) is 52.6 Å². The van der Waals surface area contributed by atoms with Gasteiger partial charge in [0.15, 0.2) is 0 Å². The summed E-state index contributed by atoms with van der Waals surface area (Å²) >= 11 is 0. The normalized spacial score (nSPS) is 11.8. The van der Waals surface area contributed by atoms with Gasteiger partial charge in [-0.15, -0.1) is 0 Å². The van der Waals surface area contributed by atoms with Gasteiger partial charge in [-0.25, -0.2) is 0 Å². The number of ether oxygens (including phenoxy) is 2. The summed E-state index contributed by atoms with van der Waals surface area (Å²) in [5, 5.41) is 0. The van der Waals surface area contributed by atoms with Crippen molar-refractivity contribution in [3.8, 4) is 0 Å². The van der Waals surface area contributed by atoms with Crippen molar-refractivity contribution in [2.24, 2.45) is 5.92 Å². The Kier molecular flexibility index (Phi) is 8.30. The third-order valence-electron chi connectivity index (χ3n) is 1.73. The van der Waals surface area contributed by atoms with Crippen LogP contribution in [0.3, 0.4) is 0 Å². The molecule has 0 heterocycles. The van der Waals surface area contributed by atoms with Gasteiger partial charge >= 0.3 is 0 Å². The lowest BCUT2D eigenvalue weighted by atomic mass is 10.1. The fourth-order valence-electron chi connectivity index (χ4n) is 1.01. The molecule has 0 amide bonds. The average Bonchev–Trinajstić information content (AvgIpc) is 2.14. The van der Waals surface area contributed by atoms with Gasteiger partial charge in [-0.2, -0.15) is 0 Å². The minimum atomic E-state index is 0.376. The highest BCUT2D eigenvalue weighted by atomic mass is 16.5. The van der Waals surface area contributed by atoms with Crippen LogP contribution in [0.25, 0.3) is 0 Å². The second-order valence-electron chi connectivity index (χ2n) is 3.00. The maximum absolute atomic E-state index is 9.84. The van der Waals surface area contributed by atoms with Crippen LogP contribution in [-0.2, 0) is 19.1 Å². The molecular formula is C9H16O4. The summed E-state index contributed by atoms with van der Waals surface area (Å²) < 4.78 is 9.13. The van der Waals surface area contributed by atoms with E-state index in [-0.39, 0.29) is 0 Å². The Morgan fingerprint density at radius 1 is 1.15 bits per heavy atom. The summed E-state index contributed by atoms with van der Waals surface area (Å²) in [6, 6.07) is 0. The van der Waals surface area contributed by atoms with Crippen molar-refractivity contribution in [2.45, 2.75) is 26.2 Å². The molecule has 13 heavy (non-hydrogen) atoms. The van der Waals surface area contributed by atoms with Crippen molar-refractivity contribution < 1.29 is 19.1 Å². The number of hydrogen-bond acceptors (Lipinski definition) is 4. The van der Waals surface area contributed by atoms with E-state index in [9.17, 15) is 9.59 Å². The van der Waals surface area contributed by atoms with Gasteiger partial charge in [0.1, 0.15) is 0 Å². The summed E-state index contributed by atoms with van der Waals surface area (Å²) in [4.78, 5) is 19.6. The predicted octanol–water partition coefficient (Wildman–Crippen LogP) is 1.14. The average molecular weight is 188 g/mol. The third kappa shape index (κ3) is 8.85. The smallest absolute Gasteiger partial charge is 0.293 e. The Bertz CT molecular complexity index is 136. The lowest BCUT2D eigenvalue weighted by molar-refractivity contribution is -0.130. The molecular weight excluding hydrogens is 172 g/mol. The van der Waals surface area contributed by atoms with Crippen molar-refractivity contribution in [3.05, 3.63) is 0 Å². The molecule has 0 aliphatic carbocycles. The maximum atomic E-state index is 9.84. The van der Waals surface area contributed by atoms with E-state index >= 15 is 0 Å². The van der Waals surface area contributed by atoms with Crippen molar-refractivity contribution in [3.63, 3.8) is 0 Å². The highest BCUT2D eigenvalue weighted by Gasteiger charge is 2.01. The molecule has 0 aromatic rings. The van der Waals surface area contributed by atoms with E-state index in [4.69, 9.17) is 0 Å². The van der Waals surface area contributed by atoms with E-state index in [2.05, 4.69) is 9.47 Å². The van der Waals surface area contributed by atoms with Gasteiger partial charge in [0.2, 0.25) is 0 Å². The van der Waals surface area contributed by atoms with Crippen molar-refractivity contribution >= 4 is 12.9 Å². The molecule has 0 saturated heterocycles. The van der Waals surface area contributed by atoms with Crippen LogP contribution in [-0.4, -0.2) is 26.2 Å². The third-order valence-corrected chi connectivity index (χ3v) is 1.73. The fraction of sp³-hybridized carbons (Fsp3) is 0.778. The molecule has 0 spiro atoms. The van der Waals surface area contributed by atoms with E-state index < -0.39 is 0 Å². The molecule has 0 N–H and O–H groups in total. The second kappa shape index (κ2) is 9.03. The van der Waals surface area contributed by atoms with Gasteiger partial charge in [0.25, 0.3) is 12.9 Å². The van der Waals surface area contributed by atoms with E-state index in [1.165, 1.54) is 0 Å². The van der Waals surface area contributed by atoms with Crippen molar-refractivity contribution in [1.29, 1.82) is 0 Å². The van der Waals surface area contributed by atoms with Gasteiger partial charge in [-0.3, -0.25) is 9.59 Å². The quantitative estimate of drug-likeness (QED) is 0.402. The fourth-order valence-corrected chi connectivity index (χ4v) is 1.01. The standard InChI is InChI=1S/C9H16O4/c1-9(6-13-8-11)4-2-3-5-12-7-10/h7-9H,2-6H2,1H3. The Morgan fingerprint density at radius 2 is 1.85 bits per heavy atom. The zero-order valence-corrected chi connectivity index (χ0v) is 7.90. The lowest BCUT2D eigenvalue weighted by Crippen LogP contribution is -2.05. The van der Waals surface area contributed by atoms with Crippen molar-refractivity contribution in [2.75, 3.05) is 13.2 Å². The Morgan fingerprint density at radius 3 is 2.46 bits per heavy atom. The van der Waals surface area contributed by atoms with Crippen LogP contribution in [0.15, 0.2) is 0 Å². The molecule has 0 aromatic carbocycles. The number of rotatable bonds is 9. The van der Waals surface area contributed by atoms with Crippen LogP contribution >= 0.6 is 0 Å². The van der Waals surface area contributed by atoms with Crippen LogP contribution in [0.5, 0.6) is 0 Å². The lowest BCUT2D eigenvalue weighted by Gasteiger charge is -2.08. The first kappa shape index (κ1) is 11.9. The van der Waals surface area contributed by atoms with E-state index in [0.717, 1.165) is 19.3 Å². The number of carbonyl (C=O) groups excluding carboxylic acids is 2. The highest BCUT2D eigenvalue weighted by molar-refractivity contribution is 5.37. The Hall–Kier alpha value is -1.06. The molecule has 0 aliphatic rings. The monoisotopic (exact) mass is 188 g/mol. The van der Waals surface area contributed by atoms with Gasteiger partial charge in [-0.1, -0.05) is 6.92 Å². The number of hydrogen-bond donors (Lipinski definition) is 0. The maximum Gasteiger partial charge on any atom is 0.293 e. The van der Waals surface area contributed by atoms with Crippen LogP contribution in [0.1, 0.15) is 26.2 Å². The Balaban J connectivity index is 3.11. The molecule has 0 saturated carbocycles. The number of carbonyl (C=O) groups is 2. The van der Waals surface area contributed by atoms with Gasteiger partial charge < -0.3 is 9.47 Å². The molecule has 0 rings (SSSR count). The minimum absolute atomic E-state index is 0.376. The molecule has 0 radical (unpaired) electrons. The van der Waals surface area contributed by atoms with Crippen LogP contribution in [0.4, 0.5) is 0 Å². The summed E-state index contributed by atoms with van der Waals surface area (Å²) in [5.74, 6) is 0.376. The van der Waals surface area contributed by atoms with E-state index in [1.54, 1.807) is 0 Å². The van der Waals surface area contributed by atoms with Crippen LogP contribution < -0.4 is 0 Å². The summed E-state index contributed by atoms with van der Waals surface area (Å²) in [6.45, 7) is 3.89. The molecule has 0 fully saturated rings. The molecule has 1 atom stereocenters. The predicted molar refractivity (Wildman–Crippen MR) is 47.0 cm³/mol. The Labute approximate surface area is 78.2 Å². The van der Waals surface area contributed by atoms with Crippen molar-refractivity contribution in [1.82, 2.24) is 0 Å².